The van der Waals surface area contributed by atoms with Crippen molar-refractivity contribution in [3.05, 3.63) is 113 Å². The van der Waals surface area contributed by atoms with E-state index < -0.39 is 12.0 Å². The Morgan fingerprint density at radius 1 is 1.11 bits per heavy atom. The molecule has 2 aromatic heterocycles. The standard InChI is InChI=1S/C27H22N2O4S2/c1-3-33-26(31)22-23(18-7-5-4-6-8-18)28-27-29(24(22)19-9-11-20(32-2)12-10-19)25(30)21(35-27)15-17-13-14-34-16-17/h4-16,24H,3H2,1-2H3/b21-15+/t24-/m1/s1. The molecule has 1 atom stereocenters. The Kier molecular flexibility index (Phi) is 6.48. The molecule has 1 aliphatic rings. The number of hydrogen-bond donors (Lipinski definition) is 0. The van der Waals surface area contributed by atoms with E-state index in [-0.39, 0.29) is 12.2 Å². The fourth-order valence-electron chi connectivity index (χ4n) is 4.05. The van der Waals surface area contributed by atoms with Crippen LogP contribution in [0.1, 0.15) is 29.7 Å². The lowest BCUT2D eigenvalue weighted by Crippen LogP contribution is -2.40. The summed E-state index contributed by atoms with van der Waals surface area (Å²) in [6, 6.07) is 18.2. The molecule has 1 aliphatic heterocycles. The van der Waals surface area contributed by atoms with Gasteiger partial charge in [0.15, 0.2) is 4.80 Å². The molecule has 176 valence electrons. The highest BCUT2D eigenvalue weighted by Gasteiger charge is 2.35. The van der Waals surface area contributed by atoms with E-state index in [0.717, 1.165) is 16.7 Å². The molecule has 0 aliphatic carbocycles. The fourth-order valence-corrected chi connectivity index (χ4v) is 5.67. The molecule has 3 heterocycles. The van der Waals surface area contributed by atoms with Crippen molar-refractivity contribution in [1.82, 2.24) is 4.57 Å². The second-order valence-electron chi connectivity index (χ2n) is 7.76. The minimum atomic E-state index is -0.698. The van der Waals surface area contributed by atoms with Crippen molar-refractivity contribution >= 4 is 40.4 Å². The van der Waals surface area contributed by atoms with Crippen LogP contribution in [-0.4, -0.2) is 24.3 Å². The van der Waals surface area contributed by atoms with Gasteiger partial charge in [-0.1, -0.05) is 53.8 Å². The number of esters is 1. The summed E-state index contributed by atoms with van der Waals surface area (Å²) in [6.07, 6.45) is 1.86. The number of rotatable bonds is 6. The Balaban J connectivity index is 1.83. The summed E-state index contributed by atoms with van der Waals surface area (Å²) in [5, 5.41) is 3.95. The van der Waals surface area contributed by atoms with Gasteiger partial charge < -0.3 is 9.47 Å². The predicted octanol–water partition coefficient (Wildman–Crippen LogP) is 4.01. The maximum absolute atomic E-state index is 13.7. The number of carbonyl (C=O) groups excluding carboxylic acids is 1. The summed E-state index contributed by atoms with van der Waals surface area (Å²) in [6.45, 7) is 1.97. The highest BCUT2D eigenvalue weighted by Crippen LogP contribution is 2.35. The Hall–Kier alpha value is -3.75. The zero-order chi connectivity index (χ0) is 24.4. The second-order valence-corrected chi connectivity index (χ2v) is 9.55. The third-order valence-corrected chi connectivity index (χ3v) is 7.33. The highest BCUT2D eigenvalue weighted by molar-refractivity contribution is 7.08. The Morgan fingerprint density at radius 3 is 2.54 bits per heavy atom. The van der Waals surface area contributed by atoms with Gasteiger partial charge >= 0.3 is 5.97 Å². The maximum Gasteiger partial charge on any atom is 0.338 e. The predicted molar refractivity (Wildman–Crippen MR) is 138 cm³/mol. The number of ether oxygens (including phenoxy) is 2. The quantitative estimate of drug-likeness (QED) is 0.374. The molecule has 0 fully saturated rings. The van der Waals surface area contributed by atoms with Crippen LogP contribution in [-0.2, 0) is 9.53 Å². The monoisotopic (exact) mass is 502 g/mol. The van der Waals surface area contributed by atoms with Gasteiger partial charge in [-0.25, -0.2) is 9.79 Å². The Bertz CT molecular complexity index is 1560. The van der Waals surface area contributed by atoms with Gasteiger partial charge in [-0.15, -0.1) is 0 Å². The third kappa shape index (κ3) is 4.38. The van der Waals surface area contributed by atoms with Crippen molar-refractivity contribution in [2.45, 2.75) is 13.0 Å². The van der Waals surface area contributed by atoms with Crippen molar-refractivity contribution < 1.29 is 14.3 Å². The van der Waals surface area contributed by atoms with Gasteiger partial charge in [0.05, 0.1) is 35.6 Å². The number of aromatic nitrogens is 1. The van der Waals surface area contributed by atoms with E-state index in [1.165, 1.54) is 11.3 Å². The van der Waals surface area contributed by atoms with E-state index in [4.69, 9.17) is 14.5 Å². The minimum absolute atomic E-state index is 0.199. The van der Waals surface area contributed by atoms with Gasteiger partial charge in [0.2, 0.25) is 0 Å². The van der Waals surface area contributed by atoms with Crippen LogP contribution in [0.15, 0.2) is 86.8 Å². The minimum Gasteiger partial charge on any atom is -0.497 e. The van der Waals surface area contributed by atoms with Gasteiger partial charge in [0.25, 0.3) is 5.56 Å². The van der Waals surface area contributed by atoms with Crippen molar-refractivity contribution in [2.75, 3.05) is 13.7 Å². The molecule has 8 heteroatoms. The fraction of sp³-hybridized carbons (Fsp3) is 0.148. The van der Waals surface area contributed by atoms with Crippen LogP contribution in [0.3, 0.4) is 0 Å². The molecule has 0 saturated heterocycles. The van der Waals surface area contributed by atoms with Crippen LogP contribution < -0.4 is 19.6 Å². The van der Waals surface area contributed by atoms with Crippen LogP contribution >= 0.6 is 22.7 Å². The van der Waals surface area contributed by atoms with Gasteiger partial charge in [-0.05, 0) is 53.1 Å². The molecule has 5 rings (SSSR count). The van der Waals surface area contributed by atoms with E-state index in [2.05, 4.69) is 0 Å². The molecule has 0 unspecified atom stereocenters. The number of thiophene rings is 1. The number of fused-ring (bicyclic) bond motifs is 1. The van der Waals surface area contributed by atoms with Gasteiger partial charge in [0, 0.05) is 5.56 Å². The average molecular weight is 503 g/mol. The first-order chi connectivity index (χ1) is 17.1. The lowest BCUT2D eigenvalue weighted by Gasteiger charge is -2.26. The van der Waals surface area contributed by atoms with Crippen molar-refractivity contribution in [2.24, 2.45) is 4.99 Å². The molecule has 0 radical (unpaired) electrons. The molecular weight excluding hydrogens is 480 g/mol. The SMILES string of the molecule is CCOC(=O)C1=C(c2ccccc2)N=c2s/c(=C/c3ccsc3)c(=O)n2[C@@H]1c1ccc(OC)cc1. The first-order valence-electron chi connectivity index (χ1n) is 11.1. The van der Waals surface area contributed by atoms with Crippen LogP contribution in [0.25, 0.3) is 11.8 Å². The van der Waals surface area contributed by atoms with Crippen LogP contribution in [0.5, 0.6) is 5.75 Å². The number of thiazole rings is 1. The van der Waals surface area contributed by atoms with E-state index in [0.29, 0.717) is 26.4 Å². The Morgan fingerprint density at radius 2 is 1.89 bits per heavy atom. The zero-order valence-corrected chi connectivity index (χ0v) is 20.8. The lowest BCUT2D eigenvalue weighted by molar-refractivity contribution is -0.138. The average Bonchev–Trinajstić information content (AvgIpc) is 3.51. The number of benzene rings is 2. The number of carbonyl (C=O) groups is 1. The normalized spacial score (nSPS) is 15.5. The molecule has 0 bridgehead atoms. The topological polar surface area (TPSA) is 69.9 Å². The van der Waals surface area contributed by atoms with Crippen molar-refractivity contribution in [3.63, 3.8) is 0 Å². The van der Waals surface area contributed by atoms with Gasteiger partial charge in [-0.2, -0.15) is 11.3 Å². The van der Waals surface area contributed by atoms with Crippen molar-refractivity contribution in [3.8, 4) is 5.75 Å². The third-order valence-electron chi connectivity index (χ3n) is 5.65. The first kappa shape index (κ1) is 23.0. The molecule has 0 saturated carbocycles. The van der Waals surface area contributed by atoms with E-state index in [1.54, 1.807) is 29.9 Å². The molecule has 6 nitrogen and oxygen atoms in total. The van der Waals surface area contributed by atoms with E-state index in [1.807, 2.05) is 77.5 Å². The van der Waals surface area contributed by atoms with Crippen LogP contribution in [0, 0.1) is 0 Å². The molecule has 4 aromatic rings. The molecule has 0 amide bonds. The molecular formula is C27H22N2O4S2. The zero-order valence-electron chi connectivity index (χ0n) is 19.1. The smallest absolute Gasteiger partial charge is 0.338 e. The number of hydrogen-bond acceptors (Lipinski definition) is 7. The number of nitrogens with zero attached hydrogens (tertiary/aromatic N) is 2. The van der Waals surface area contributed by atoms with Gasteiger partial charge in [0.1, 0.15) is 5.75 Å². The van der Waals surface area contributed by atoms with Crippen LogP contribution in [0.4, 0.5) is 0 Å². The maximum atomic E-state index is 13.7. The summed E-state index contributed by atoms with van der Waals surface area (Å²) in [7, 11) is 1.60. The summed E-state index contributed by atoms with van der Waals surface area (Å²) < 4.78 is 13.0. The largest absolute Gasteiger partial charge is 0.497 e. The summed E-state index contributed by atoms with van der Waals surface area (Å²) in [4.78, 5) is 32.5. The van der Waals surface area contributed by atoms with Crippen LogP contribution in [0.2, 0.25) is 0 Å². The Labute approximate surface area is 209 Å². The molecule has 0 spiro atoms. The molecule has 0 N–H and O–H groups in total. The summed E-state index contributed by atoms with van der Waals surface area (Å²) >= 11 is 2.88. The first-order valence-corrected chi connectivity index (χ1v) is 12.8. The second kappa shape index (κ2) is 9.85. The molecule has 2 aromatic carbocycles. The van der Waals surface area contributed by atoms with Gasteiger partial charge in [-0.3, -0.25) is 9.36 Å². The highest BCUT2D eigenvalue weighted by atomic mass is 32.1. The molecule has 35 heavy (non-hydrogen) atoms. The summed E-state index contributed by atoms with van der Waals surface area (Å²) in [5.41, 5.74) is 3.14. The lowest BCUT2D eigenvalue weighted by atomic mass is 9.93. The van der Waals surface area contributed by atoms with E-state index in [9.17, 15) is 9.59 Å². The number of methoxy groups -OCH3 is 1. The van der Waals surface area contributed by atoms with Crippen molar-refractivity contribution in [1.29, 1.82) is 0 Å². The van der Waals surface area contributed by atoms with E-state index >= 15 is 0 Å². The summed E-state index contributed by atoms with van der Waals surface area (Å²) in [5.74, 6) is 0.187.